The predicted molar refractivity (Wildman–Crippen MR) is 108 cm³/mol. The number of nitrogens with zero attached hydrogens (tertiary/aromatic N) is 3. The van der Waals surface area contributed by atoms with Crippen LogP contribution < -0.4 is 4.90 Å². The normalized spacial score (nSPS) is 21.0. The lowest BCUT2D eigenvalue weighted by Crippen LogP contribution is -2.41. The molecule has 1 amide bonds. The van der Waals surface area contributed by atoms with Gasteiger partial charge in [0.1, 0.15) is 5.01 Å². The zero-order valence-electron chi connectivity index (χ0n) is 15.3. The van der Waals surface area contributed by atoms with Gasteiger partial charge in [0, 0.05) is 28.7 Å². The van der Waals surface area contributed by atoms with Crippen LogP contribution >= 0.6 is 11.3 Å². The SMILES string of the molecule is CC1Cc2ccccc2N1C(=O)C1CCc2nc(-c3ccccn3)sc2C1. The van der Waals surface area contributed by atoms with Gasteiger partial charge >= 0.3 is 0 Å². The lowest BCUT2D eigenvalue weighted by atomic mass is 9.89. The number of hydrogen-bond donors (Lipinski definition) is 0. The molecule has 0 radical (unpaired) electrons. The van der Waals surface area contributed by atoms with Crippen molar-refractivity contribution in [1.29, 1.82) is 0 Å². The Hall–Kier alpha value is -2.53. The van der Waals surface area contributed by atoms with Gasteiger partial charge in [0.2, 0.25) is 5.91 Å². The second kappa shape index (κ2) is 6.57. The zero-order chi connectivity index (χ0) is 18.4. The number of amides is 1. The number of rotatable bonds is 2. The van der Waals surface area contributed by atoms with Crippen LogP contribution in [0.15, 0.2) is 48.7 Å². The van der Waals surface area contributed by atoms with E-state index in [-0.39, 0.29) is 17.9 Å². The van der Waals surface area contributed by atoms with Crippen molar-refractivity contribution in [2.75, 3.05) is 4.90 Å². The van der Waals surface area contributed by atoms with E-state index in [1.165, 1.54) is 10.4 Å². The van der Waals surface area contributed by atoms with Crippen LogP contribution in [0.1, 0.15) is 29.5 Å². The van der Waals surface area contributed by atoms with Crippen molar-refractivity contribution in [2.24, 2.45) is 5.92 Å². The molecule has 0 saturated heterocycles. The average Bonchev–Trinajstić information content (AvgIpc) is 3.27. The summed E-state index contributed by atoms with van der Waals surface area (Å²) in [6.45, 7) is 2.15. The van der Waals surface area contributed by atoms with Gasteiger partial charge in [-0.05, 0) is 56.4 Å². The van der Waals surface area contributed by atoms with Gasteiger partial charge < -0.3 is 4.90 Å². The largest absolute Gasteiger partial charge is 0.309 e. The van der Waals surface area contributed by atoms with E-state index in [9.17, 15) is 4.79 Å². The summed E-state index contributed by atoms with van der Waals surface area (Å²) in [6.07, 6.45) is 5.30. The molecule has 0 fully saturated rings. The number of aryl methyl sites for hydroxylation is 1. The first-order valence-corrected chi connectivity index (χ1v) is 10.3. The number of thiazole rings is 1. The van der Waals surface area contributed by atoms with Crippen molar-refractivity contribution in [3.05, 3.63) is 64.8 Å². The maximum absolute atomic E-state index is 13.4. The van der Waals surface area contributed by atoms with Crippen molar-refractivity contribution < 1.29 is 4.79 Å². The second-order valence-corrected chi connectivity index (χ2v) is 8.52. The van der Waals surface area contributed by atoms with Gasteiger partial charge in [-0.1, -0.05) is 24.3 Å². The van der Waals surface area contributed by atoms with Gasteiger partial charge in [-0.2, -0.15) is 0 Å². The number of benzene rings is 1. The monoisotopic (exact) mass is 375 g/mol. The maximum atomic E-state index is 13.4. The smallest absolute Gasteiger partial charge is 0.230 e. The van der Waals surface area contributed by atoms with E-state index in [2.05, 4.69) is 30.1 Å². The first-order chi connectivity index (χ1) is 13.2. The van der Waals surface area contributed by atoms with Crippen LogP contribution in [-0.2, 0) is 24.1 Å². The minimum absolute atomic E-state index is 0.0446. The van der Waals surface area contributed by atoms with Gasteiger partial charge in [-0.15, -0.1) is 11.3 Å². The molecule has 5 heteroatoms. The molecule has 2 unspecified atom stereocenters. The summed E-state index contributed by atoms with van der Waals surface area (Å²) in [7, 11) is 0. The Balaban J connectivity index is 1.40. The van der Waals surface area contributed by atoms with E-state index >= 15 is 0 Å². The highest BCUT2D eigenvalue weighted by atomic mass is 32.1. The lowest BCUT2D eigenvalue weighted by Gasteiger charge is -2.29. The van der Waals surface area contributed by atoms with Gasteiger partial charge in [0.05, 0.1) is 11.4 Å². The first kappa shape index (κ1) is 16.6. The molecule has 1 aliphatic heterocycles. The third kappa shape index (κ3) is 2.86. The molecule has 0 bridgehead atoms. The van der Waals surface area contributed by atoms with Crippen LogP contribution in [-0.4, -0.2) is 21.9 Å². The zero-order valence-corrected chi connectivity index (χ0v) is 16.1. The second-order valence-electron chi connectivity index (χ2n) is 7.43. The summed E-state index contributed by atoms with van der Waals surface area (Å²) in [5.74, 6) is 0.314. The number of anilines is 1. The highest BCUT2D eigenvalue weighted by Gasteiger charge is 2.36. The topological polar surface area (TPSA) is 46.1 Å². The van der Waals surface area contributed by atoms with Crippen molar-refractivity contribution in [1.82, 2.24) is 9.97 Å². The molecule has 5 rings (SSSR count). The molecular formula is C22H21N3OS. The molecule has 1 aliphatic carbocycles. The third-order valence-corrected chi connectivity index (χ3v) is 6.76. The third-order valence-electron chi connectivity index (χ3n) is 5.62. The molecule has 2 aliphatic rings. The molecule has 3 aromatic rings. The highest BCUT2D eigenvalue weighted by Crippen LogP contribution is 2.38. The Morgan fingerprint density at radius 2 is 2.00 bits per heavy atom. The van der Waals surface area contributed by atoms with Crippen molar-refractivity contribution >= 4 is 22.9 Å². The average molecular weight is 375 g/mol. The van der Waals surface area contributed by atoms with Crippen LogP contribution in [0.4, 0.5) is 5.69 Å². The number of aromatic nitrogens is 2. The van der Waals surface area contributed by atoms with E-state index in [1.807, 2.05) is 29.2 Å². The molecule has 136 valence electrons. The molecule has 2 atom stereocenters. The fourth-order valence-electron chi connectivity index (χ4n) is 4.28. The quantitative estimate of drug-likeness (QED) is 0.671. The van der Waals surface area contributed by atoms with Crippen LogP contribution in [0.3, 0.4) is 0 Å². The molecule has 0 saturated carbocycles. The van der Waals surface area contributed by atoms with Crippen molar-refractivity contribution in [2.45, 2.75) is 38.6 Å². The minimum Gasteiger partial charge on any atom is -0.309 e. The fraction of sp³-hybridized carbons (Fsp3) is 0.318. The summed E-state index contributed by atoms with van der Waals surface area (Å²) in [5.41, 5.74) is 4.45. The van der Waals surface area contributed by atoms with Crippen LogP contribution in [0.25, 0.3) is 10.7 Å². The Kier molecular flexibility index (Phi) is 4.05. The van der Waals surface area contributed by atoms with Gasteiger partial charge in [-0.3, -0.25) is 9.78 Å². The predicted octanol–water partition coefficient (Wildman–Crippen LogP) is 4.29. The minimum atomic E-state index is 0.0446. The van der Waals surface area contributed by atoms with Crippen LogP contribution in [0.5, 0.6) is 0 Å². The van der Waals surface area contributed by atoms with Gasteiger partial charge in [-0.25, -0.2) is 4.98 Å². The molecule has 0 spiro atoms. The summed E-state index contributed by atoms with van der Waals surface area (Å²) in [4.78, 5) is 25.9. The van der Waals surface area contributed by atoms with E-state index in [0.717, 1.165) is 47.8 Å². The van der Waals surface area contributed by atoms with Crippen molar-refractivity contribution in [3.63, 3.8) is 0 Å². The molecule has 1 aromatic carbocycles. The fourth-order valence-corrected chi connectivity index (χ4v) is 5.45. The van der Waals surface area contributed by atoms with Crippen LogP contribution in [0, 0.1) is 5.92 Å². The Morgan fingerprint density at radius 3 is 2.85 bits per heavy atom. The Morgan fingerprint density at radius 1 is 1.15 bits per heavy atom. The highest BCUT2D eigenvalue weighted by molar-refractivity contribution is 7.15. The molecular weight excluding hydrogens is 354 g/mol. The molecule has 4 nitrogen and oxygen atoms in total. The van der Waals surface area contributed by atoms with E-state index in [0.29, 0.717) is 0 Å². The standard InChI is InChI=1S/C22H21N3OS/c1-14-12-15-6-2-3-8-19(15)25(14)22(26)16-9-10-17-20(13-16)27-21(24-17)18-7-4-5-11-23-18/h2-8,11,14,16H,9-10,12-13H2,1H3. The summed E-state index contributed by atoms with van der Waals surface area (Å²) >= 11 is 1.69. The number of carbonyl (C=O) groups excluding carboxylic acids is 1. The molecule has 0 N–H and O–H groups in total. The first-order valence-electron chi connectivity index (χ1n) is 9.51. The lowest BCUT2D eigenvalue weighted by molar-refractivity contribution is -0.123. The molecule has 2 aromatic heterocycles. The summed E-state index contributed by atoms with van der Waals surface area (Å²) < 4.78 is 0. The number of para-hydroxylation sites is 1. The van der Waals surface area contributed by atoms with E-state index in [1.54, 1.807) is 17.5 Å². The number of fused-ring (bicyclic) bond motifs is 2. The van der Waals surface area contributed by atoms with Crippen LogP contribution in [0.2, 0.25) is 0 Å². The van der Waals surface area contributed by atoms with E-state index in [4.69, 9.17) is 4.98 Å². The maximum Gasteiger partial charge on any atom is 0.230 e. The van der Waals surface area contributed by atoms with Gasteiger partial charge in [0.25, 0.3) is 0 Å². The van der Waals surface area contributed by atoms with Crippen molar-refractivity contribution in [3.8, 4) is 10.7 Å². The Bertz CT molecular complexity index is 998. The number of pyridine rings is 1. The number of hydrogen-bond acceptors (Lipinski definition) is 4. The summed E-state index contributed by atoms with van der Waals surface area (Å²) in [6, 6.07) is 14.4. The molecule has 3 heterocycles. The summed E-state index contributed by atoms with van der Waals surface area (Å²) in [5, 5.41) is 0.966. The van der Waals surface area contributed by atoms with E-state index < -0.39 is 0 Å². The van der Waals surface area contributed by atoms with Gasteiger partial charge in [0.15, 0.2) is 0 Å². The Labute approximate surface area is 162 Å². The molecule has 27 heavy (non-hydrogen) atoms. The number of carbonyl (C=O) groups is 1.